The largest absolute Gasteiger partial charge is 0.244 e. The van der Waals surface area contributed by atoms with Crippen LogP contribution in [0, 0.1) is 50.4 Å². The number of hydrogen-bond acceptors (Lipinski definition) is 4. The van der Waals surface area contributed by atoms with Gasteiger partial charge in [0.15, 0.2) is 0 Å². The van der Waals surface area contributed by atoms with Crippen LogP contribution < -0.4 is 0 Å². The van der Waals surface area contributed by atoms with Crippen molar-refractivity contribution >= 4 is 20.0 Å². The molecule has 2 aromatic carbocycles. The van der Waals surface area contributed by atoms with E-state index in [1.165, 1.54) is 8.61 Å². The van der Waals surface area contributed by atoms with Crippen molar-refractivity contribution in [1.82, 2.24) is 8.61 Å². The Morgan fingerprint density at radius 2 is 1.06 bits per heavy atom. The van der Waals surface area contributed by atoms with Crippen molar-refractivity contribution in [2.75, 3.05) is 13.1 Å². The Balaban J connectivity index is 1.82. The number of fused-ring (bicyclic) bond motifs is 2. The normalized spacial score (nSPS) is 23.5. The van der Waals surface area contributed by atoms with Gasteiger partial charge in [-0.1, -0.05) is 59.4 Å². The van der Waals surface area contributed by atoms with E-state index in [0.29, 0.717) is 6.42 Å². The first kappa shape index (κ1) is 25.2. The van der Waals surface area contributed by atoms with Gasteiger partial charge in [-0.25, -0.2) is 16.8 Å². The Labute approximate surface area is 208 Å². The Kier molecular flexibility index (Phi) is 6.95. The van der Waals surface area contributed by atoms with Gasteiger partial charge < -0.3 is 0 Å². The summed E-state index contributed by atoms with van der Waals surface area (Å²) in [4.78, 5) is 0.238. The molecule has 0 unspecified atom stereocenters. The molecule has 2 bridgehead atoms. The lowest BCUT2D eigenvalue weighted by atomic mass is 9.95. The van der Waals surface area contributed by atoms with Crippen LogP contribution in [0.15, 0.2) is 70.5 Å². The Morgan fingerprint density at radius 1 is 0.714 bits per heavy atom. The minimum absolute atomic E-state index is 0.119. The number of sulfonamides is 2. The van der Waals surface area contributed by atoms with Crippen molar-refractivity contribution in [2.45, 2.75) is 42.1 Å². The number of rotatable bonds is 8. The summed E-state index contributed by atoms with van der Waals surface area (Å²) in [6.07, 6.45) is 15.8. The molecule has 4 atom stereocenters. The molecule has 8 heteroatoms. The lowest BCUT2D eigenvalue weighted by Gasteiger charge is -2.40. The molecular weight excluding hydrogens is 480 g/mol. The molecule has 2 aliphatic rings. The molecule has 2 aliphatic carbocycles. The molecule has 0 saturated heterocycles. The second-order valence-electron chi connectivity index (χ2n) is 9.06. The van der Waals surface area contributed by atoms with Crippen molar-refractivity contribution < 1.29 is 16.8 Å². The highest BCUT2D eigenvalue weighted by molar-refractivity contribution is 7.89. The van der Waals surface area contributed by atoms with E-state index in [9.17, 15) is 16.8 Å². The first-order chi connectivity index (χ1) is 16.6. The molecule has 0 aliphatic heterocycles. The molecule has 1 fully saturated rings. The molecule has 1 saturated carbocycles. The quantitative estimate of drug-likeness (QED) is 0.406. The summed E-state index contributed by atoms with van der Waals surface area (Å²) in [6.45, 7) is 3.39. The summed E-state index contributed by atoms with van der Waals surface area (Å²) in [5.41, 5.74) is 1.86. The third-order valence-corrected chi connectivity index (χ3v) is 10.5. The van der Waals surface area contributed by atoms with Gasteiger partial charge in [-0.15, -0.1) is 12.8 Å². The molecular formula is C27H28N2O4S2. The van der Waals surface area contributed by atoms with Crippen molar-refractivity contribution in [2.24, 2.45) is 11.8 Å². The van der Waals surface area contributed by atoms with Crippen LogP contribution in [-0.2, 0) is 20.0 Å². The Morgan fingerprint density at radius 3 is 1.37 bits per heavy atom. The number of aryl methyl sites for hydroxylation is 2. The van der Waals surface area contributed by atoms with E-state index in [0.717, 1.165) is 11.1 Å². The summed E-state index contributed by atoms with van der Waals surface area (Å²) >= 11 is 0. The third-order valence-electron chi connectivity index (χ3n) is 6.79. The predicted octanol–water partition coefficient (Wildman–Crippen LogP) is 3.19. The second kappa shape index (κ2) is 9.64. The summed E-state index contributed by atoms with van der Waals surface area (Å²) in [5, 5.41) is 0. The smallest absolute Gasteiger partial charge is 0.207 e. The van der Waals surface area contributed by atoms with Crippen LogP contribution in [0.25, 0.3) is 0 Å². The van der Waals surface area contributed by atoms with E-state index in [-0.39, 0.29) is 34.7 Å². The molecule has 2 aromatic rings. The van der Waals surface area contributed by atoms with E-state index in [4.69, 9.17) is 12.8 Å². The van der Waals surface area contributed by atoms with Gasteiger partial charge in [-0.05, 0) is 56.4 Å². The second-order valence-corrected chi connectivity index (χ2v) is 12.8. The van der Waals surface area contributed by atoms with Crippen LogP contribution in [-0.4, -0.2) is 50.6 Å². The van der Waals surface area contributed by atoms with Gasteiger partial charge in [-0.2, -0.15) is 8.61 Å². The fourth-order valence-electron chi connectivity index (χ4n) is 5.11. The van der Waals surface area contributed by atoms with Crippen LogP contribution >= 0.6 is 0 Å². The SMILES string of the molecule is C#CCN([C@@H]1[C@H](N(CC#C)S(=O)(=O)c2ccc(C)cc2)[C@@H]2C=C[C@H]1C2)S(=O)(=O)c1ccc(C)cc1. The van der Waals surface area contributed by atoms with Gasteiger partial charge in [0.2, 0.25) is 20.0 Å². The van der Waals surface area contributed by atoms with E-state index >= 15 is 0 Å². The van der Waals surface area contributed by atoms with Crippen molar-refractivity contribution in [3.63, 3.8) is 0 Å². The van der Waals surface area contributed by atoms with Crippen LogP contribution in [0.5, 0.6) is 0 Å². The summed E-state index contributed by atoms with van der Waals surface area (Å²) < 4.78 is 57.7. The minimum Gasteiger partial charge on any atom is -0.207 e. The molecule has 0 amide bonds. The molecule has 182 valence electrons. The molecule has 6 nitrogen and oxygen atoms in total. The summed E-state index contributed by atoms with van der Waals surface area (Å²) in [7, 11) is -8.00. The fourth-order valence-corrected chi connectivity index (χ4v) is 8.30. The monoisotopic (exact) mass is 508 g/mol. The zero-order chi connectivity index (χ0) is 25.4. The van der Waals surface area contributed by atoms with Crippen molar-refractivity contribution in [3.8, 4) is 24.7 Å². The Bertz CT molecular complexity index is 1300. The average Bonchev–Trinajstić information content (AvgIpc) is 3.43. The first-order valence-corrected chi connectivity index (χ1v) is 14.2. The topological polar surface area (TPSA) is 74.8 Å². The highest BCUT2D eigenvalue weighted by Crippen LogP contribution is 2.47. The van der Waals surface area contributed by atoms with Crippen LogP contribution in [0.1, 0.15) is 17.5 Å². The molecule has 0 radical (unpaired) electrons. The fraction of sp³-hybridized carbons (Fsp3) is 0.333. The van der Waals surface area contributed by atoms with Crippen LogP contribution in [0.4, 0.5) is 0 Å². The van der Waals surface area contributed by atoms with E-state index in [1.54, 1.807) is 48.5 Å². The first-order valence-electron chi connectivity index (χ1n) is 11.3. The number of terminal acetylenes is 2. The molecule has 0 heterocycles. The van der Waals surface area contributed by atoms with Gasteiger partial charge >= 0.3 is 0 Å². The van der Waals surface area contributed by atoms with Crippen LogP contribution in [0.2, 0.25) is 0 Å². The maximum absolute atomic E-state index is 13.8. The standard InChI is InChI=1S/C27H28N2O4S2/c1-5-17-28(34(30,31)24-13-7-20(3)8-14-24)26-22-11-12-23(19-22)27(26)29(18-6-2)35(32,33)25-15-9-21(4)10-16-25/h1-2,7-16,22-23,26-27H,17-19H2,3-4H3/t22-,23+,26-,27+. The molecule has 0 spiro atoms. The zero-order valence-corrected chi connectivity index (χ0v) is 21.3. The Hall–Kier alpha value is -2.88. The number of nitrogens with zero attached hydrogens (tertiary/aromatic N) is 2. The van der Waals surface area contributed by atoms with Gasteiger partial charge in [0.05, 0.1) is 22.9 Å². The van der Waals surface area contributed by atoms with Gasteiger partial charge in [-0.3, -0.25) is 0 Å². The predicted molar refractivity (Wildman–Crippen MR) is 136 cm³/mol. The van der Waals surface area contributed by atoms with Gasteiger partial charge in [0.1, 0.15) is 0 Å². The van der Waals surface area contributed by atoms with E-state index in [1.807, 2.05) is 26.0 Å². The van der Waals surface area contributed by atoms with Gasteiger partial charge in [0, 0.05) is 12.1 Å². The van der Waals surface area contributed by atoms with Crippen molar-refractivity contribution in [3.05, 3.63) is 71.8 Å². The summed E-state index contributed by atoms with van der Waals surface area (Å²) in [5.74, 6) is 4.60. The number of hydrogen-bond donors (Lipinski definition) is 0. The van der Waals surface area contributed by atoms with Crippen molar-refractivity contribution in [1.29, 1.82) is 0 Å². The van der Waals surface area contributed by atoms with Gasteiger partial charge in [0.25, 0.3) is 0 Å². The lowest BCUT2D eigenvalue weighted by molar-refractivity contribution is 0.196. The summed E-state index contributed by atoms with van der Waals surface area (Å²) in [6, 6.07) is 11.8. The zero-order valence-electron chi connectivity index (χ0n) is 19.7. The van der Waals surface area contributed by atoms with Crippen LogP contribution in [0.3, 0.4) is 0 Å². The maximum Gasteiger partial charge on any atom is 0.244 e. The molecule has 35 heavy (non-hydrogen) atoms. The number of benzene rings is 2. The maximum atomic E-state index is 13.8. The van der Waals surface area contributed by atoms with E-state index in [2.05, 4.69) is 11.8 Å². The lowest BCUT2D eigenvalue weighted by Crippen LogP contribution is -2.57. The average molecular weight is 509 g/mol. The minimum atomic E-state index is -4.00. The third kappa shape index (κ3) is 4.55. The molecule has 0 aromatic heterocycles. The molecule has 0 N–H and O–H groups in total. The van der Waals surface area contributed by atoms with E-state index < -0.39 is 32.1 Å². The highest BCUT2D eigenvalue weighted by atomic mass is 32.2. The highest BCUT2D eigenvalue weighted by Gasteiger charge is 2.54. The molecule has 4 rings (SSSR count).